The van der Waals surface area contributed by atoms with Gasteiger partial charge in [-0.15, -0.1) is 0 Å². The van der Waals surface area contributed by atoms with Gasteiger partial charge in [-0.3, -0.25) is 14.9 Å². The lowest BCUT2D eigenvalue weighted by Crippen LogP contribution is -2.65. The van der Waals surface area contributed by atoms with Gasteiger partial charge in [-0.05, 0) is 32.0 Å². The summed E-state index contributed by atoms with van der Waals surface area (Å²) < 4.78 is 39.2. The molecule has 0 spiro atoms. The Hall–Kier alpha value is -1.51. The highest BCUT2D eigenvalue weighted by atomic mass is 35.5. The fraction of sp³-hybridized carbons (Fsp3) is 0.333. The highest BCUT2D eigenvalue weighted by molar-refractivity contribution is 7.89. The summed E-state index contributed by atoms with van der Waals surface area (Å²) in [6.07, 6.45) is 0. The third-order valence-corrected chi connectivity index (χ3v) is 5.68. The molecule has 2 amide bonds. The van der Waals surface area contributed by atoms with Crippen molar-refractivity contribution in [1.29, 1.82) is 0 Å². The van der Waals surface area contributed by atoms with Crippen LogP contribution in [0.5, 0.6) is 0 Å². The van der Waals surface area contributed by atoms with Crippen molar-refractivity contribution >= 4 is 33.4 Å². The average molecular weight is 335 g/mol. The number of rotatable bonds is 2. The predicted molar refractivity (Wildman–Crippen MR) is 72.5 cm³/mol. The van der Waals surface area contributed by atoms with E-state index in [-0.39, 0.29) is 5.02 Å². The van der Waals surface area contributed by atoms with E-state index in [9.17, 15) is 22.4 Å². The van der Waals surface area contributed by atoms with Crippen LogP contribution in [0.1, 0.15) is 13.8 Å². The van der Waals surface area contributed by atoms with Crippen molar-refractivity contribution in [1.82, 2.24) is 9.62 Å². The number of piperazine rings is 1. The van der Waals surface area contributed by atoms with Crippen LogP contribution in [0.4, 0.5) is 4.39 Å². The monoisotopic (exact) mass is 334 g/mol. The van der Waals surface area contributed by atoms with Crippen LogP contribution in [0.15, 0.2) is 23.1 Å². The molecule has 1 heterocycles. The molecule has 1 aliphatic heterocycles. The minimum absolute atomic E-state index is 0.189. The average Bonchev–Trinajstić information content (AvgIpc) is 2.36. The first-order chi connectivity index (χ1) is 9.56. The van der Waals surface area contributed by atoms with E-state index in [2.05, 4.69) is 5.32 Å². The molecule has 1 fully saturated rings. The number of hydrogen-bond acceptors (Lipinski definition) is 4. The van der Waals surface area contributed by atoms with Gasteiger partial charge in [-0.25, -0.2) is 12.8 Å². The second kappa shape index (κ2) is 5.04. The van der Waals surface area contributed by atoms with Gasteiger partial charge in [0.05, 0.1) is 11.6 Å². The summed E-state index contributed by atoms with van der Waals surface area (Å²) in [5.74, 6) is -2.30. The fourth-order valence-electron chi connectivity index (χ4n) is 1.94. The van der Waals surface area contributed by atoms with Crippen molar-refractivity contribution in [2.24, 2.45) is 0 Å². The smallest absolute Gasteiger partial charge is 0.247 e. The van der Waals surface area contributed by atoms with Crippen molar-refractivity contribution in [2.75, 3.05) is 6.54 Å². The first-order valence-electron chi connectivity index (χ1n) is 5.89. The van der Waals surface area contributed by atoms with Crippen LogP contribution in [-0.2, 0) is 19.6 Å². The van der Waals surface area contributed by atoms with Crippen molar-refractivity contribution in [2.45, 2.75) is 24.3 Å². The first-order valence-corrected chi connectivity index (χ1v) is 7.71. The largest absolute Gasteiger partial charge is 0.294 e. The van der Waals surface area contributed by atoms with Crippen molar-refractivity contribution in [3.05, 3.63) is 29.0 Å². The number of halogens is 2. The minimum Gasteiger partial charge on any atom is -0.294 e. The fourth-order valence-corrected chi connectivity index (χ4v) is 4.13. The van der Waals surface area contributed by atoms with E-state index in [0.717, 1.165) is 18.2 Å². The zero-order chi connectivity index (χ0) is 16.0. The summed E-state index contributed by atoms with van der Waals surface area (Å²) in [5, 5.41) is 1.87. The number of carbonyl (C=O) groups excluding carboxylic acids is 2. The number of carbonyl (C=O) groups is 2. The van der Waals surface area contributed by atoms with E-state index in [1.165, 1.54) is 13.8 Å². The zero-order valence-electron chi connectivity index (χ0n) is 11.2. The van der Waals surface area contributed by atoms with Gasteiger partial charge in [0.15, 0.2) is 0 Å². The zero-order valence-corrected chi connectivity index (χ0v) is 12.8. The van der Waals surface area contributed by atoms with E-state index >= 15 is 0 Å². The lowest BCUT2D eigenvalue weighted by molar-refractivity contribution is -0.141. The van der Waals surface area contributed by atoms with Crippen LogP contribution in [0, 0.1) is 5.82 Å². The van der Waals surface area contributed by atoms with E-state index in [0.29, 0.717) is 4.31 Å². The number of imide groups is 1. The number of hydrogen-bond donors (Lipinski definition) is 1. The van der Waals surface area contributed by atoms with E-state index in [1.54, 1.807) is 0 Å². The first kappa shape index (κ1) is 15.9. The van der Waals surface area contributed by atoms with Crippen LogP contribution >= 0.6 is 11.6 Å². The molecule has 1 N–H and O–H groups in total. The lowest BCUT2D eigenvalue weighted by atomic mass is 10.0. The van der Waals surface area contributed by atoms with E-state index in [4.69, 9.17) is 11.6 Å². The van der Waals surface area contributed by atoms with Crippen LogP contribution in [0.3, 0.4) is 0 Å². The van der Waals surface area contributed by atoms with Crippen LogP contribution in [0.2, 0.25) is 5.02 Å². The van der Waals surface area contributed by atoms with Gasteiger partial charge in [-0.2, -0.15) is 4.31 Å². The molecule has 6 nitrogen and oxygen atoms in total. The Morgan fingerprint density at radius 3 is 2.57 bits per heavy atom. The Morgan fingerprint density at radius 2 is 1.95 bits per heavy atom. The summed E-state index contributed by atoms with van der Waals surface area (Å²) in [7, 11) is -4.31. The molecule has 21 heavy (non-hydrogen) atoms. The highest BCUT2D eigenvalue weighted by Gasteiger charge is 2.48. The second-order valence-electron chi connectivity index (χ2n) is 5.02. The molecule has 1 aliphatic rings. The number of sulfonamides is 1. The van der Waals surface area contributed by atoms with E-state index in [1.807, 2.05) is 0 Å². The third-order valence-electron chi connectivity index (χ3n) is 3.18. The van der Waals surface area contributed by atoms with Gasteiger partial charge in [0.2, 0.25) is 21.8 Å². The van der Waals surface area contributed by atoms with Crippen molar-refractivity contribution < 1.29 is 22.4 Å². The van der Waals surface area contributed by atoms with E-state index < -0.39 is 44.6 Å². The molecule has 0 atom stereocenters. The van der Waals surface area contributed by atoms with Crippen LogP contribution in [-0.4, -0.2) is 36.6 Å². The van der Waals surface area contributed by atoms with Gasteiger partial charge in [0.1, 0.15) is 16.3 Å². The molecule has 0 aliphatic carbocycles. The summed E-state index contributed by atoms with van der Waals surface area (Å²) in [6.45, 7) is 2.15. The highest BCUT2D eigenvalue weighted by Crippen LogP contribution is 2.31. The van der Waals surface area contributed by atoms with Gasteiger partial charge < -0.3 is 0 Å². The third kappa shape index (κ3) is 2.66. The standard InChI is InChI=1S/C12H12ClFN2O4S/c1-12(2)11(18)15-10(17)6-16(12)21(19,20)9-5-7(14)3-4-8(9)13/h3-5H,6H2,1-2H3,(H,15,17,18). The normalized spacial score (nSPS) is 19.4. The summed E-state index contributed by atoms with van der Waals surface area (Å²) >= 11 is 5.81. The molecule has 114 valence electrons. The molecule has 1 aromatic carbocycles. The Bertz CT molecular complexity index is 733. The molecule has 1 saturated heterocycles. The quantitative estimate of drug-likeness (QED) is 0.815. The number of nitrogens with one attached hydrogen (secondary N) is 1. The molecule has 1 aromatic rings. The maximum atomic E-state index is 13.3. The molecule has 0 bridgehead atoms. The molecule has 0 aromatic heterocycles. The van der Waals surface area contributed by atoms with Crippen LogP contribution < -0.4 is 5.32 Å². The molecular formula is C12H12ClFN2O4S. The maximum Gasteiger partial charge on any atom is 0.247 e. The SMILES string of the molecule is CC1(C)C(=O)NC(=O)CN1S(=O)(=O)c1cc(F)ccc1Cl. The summed E-state index contributed by atoms with van der Waals surface area (Å²) in [4.78, 5) is 22.8. The Labute approximate surface area is 125 Å². The Balaban J connectivity index is 2.59. The Kier molecular flexibility index (Phi) is 3.81. The lowest BCUT2D eigenvalue weighted by Gasteiger charge is -2.38. The minimum atomic E-state index is -4.31. The maximum absolute atomic E-state index is 13.3. The summed E-state index contributed by atoms with van der Waals surface area (Å²) in [6, 6.07) is 2.87. The van der Waals surface area contributed by atoms with Gasteiger partial charge in [-0.1, -0.05) is 11.6 Å². The van der Waals surface area contributed by atoms with Crippen molar-refractivity contribution in [3.8, 4) is 0 Å². The molecule has 9 heteroatoms. The van der Waals surface area contributed by atoms with Crippen LogP contribution in [0.25, 0.3) is 0 Å². The van der Waals surface area contributed by atoms with Crippen molar-refractivity contribution in [3.63, 3.8) is 0 Å². The predicted octanol–water partition coefficient (Wildman–Crippen LogP) is 0.905. The topological polar surface area (TPSA) is 83.6 Å². The number of benzene rings is 1. The van der Waals surface area contributed by atoms with Gasteiger partial charge in [0, 0.05) is 0 Å². The molecule has 0 unspecified atom stereocenters. The number of nitrogens with zero attached hydrogens (tertiary/aromatic N) is 1. The molecule has 0 radical (unpaired) electrons. The number of amides is 2. The molecule has 2 rings (SSSR count). The molecule has 0 saturated carbocycles. The van der Waals surface area contributed by atoms with Gasteiger partial charge >= 0.3 is 0 Å². The second-order valence-corrected chi connectivity index (χ2v) is 7.26. The Morgan fingerprint density at radius 1 is 1.33 bits per heavy atom. The summed E-state index contributed by atoms with van der Waals surface area (Å²) in [5.41, 5.74) is -1.50. The molecular weight excluding hydrogens is 323 g/mol. The van der Waals surface area contributed by atoms with Gasteiger partial charge in [0.25, 0.3) is 0 Å².